The van der Waals surface area contributed by atoms with Crippen molar-refractivity contribution >= 4 is 33.9 Å². The molecule has 10 nitrogen and oxygen atoms in total. The number of hydrogen-bond acceptors (Lipinski definition) is 7. The molecule has 11 heteroatoms. The van der Waals surface area contributed by atoms with Gasteiger partial charge in [-0.25, -0.2) is 18.0 Å². The number of β-lactam (4-membered cyclic amide) rings is 1. The fraction of sp³-hybridized carbons (Fsp3) is 0.200. The molecule has 0 spiro atoms. The summed E-state index contributed by atoms with van der Waals surface area (Å²) in [4.78, 5) is 39.4. The molecular formula is C15H13N3O7S. The van der Waals surface area contributed by atoms with E-state index in [0.29, 0.717) is 10.6 Å². The molecule has 0 bridgehead atoms. The highest BCUT2D eigenvalue weighted by atomic mass is 32.2. The molecule has 1 aromatic heterocycles. The topological polar surface area (TPSA) is 157 Å². The van der Waals surface area contributed by atoms with Crippen LogP contribution in [-0.2, 0) is 24.2 Å². The molecule has 1 unspecified atom stereocenters. The van der Waals surface area contributed by atoms with Gasteiger partial charge in [0.1, 0.15) is 12.3 Å². The van der Waals surface area contributed by atoms with Crippen molar-refractivity contribution in [1.82, 2.24) is 9.88 Å². The van der Waals surface area contributed by atoms with Crippen molar-refractivity contribution < 1.29 is 32.6 Å². The Kier molecular flexibility index (Phi) is 4.24. The molecule has 2 amide bonds. The number of nitrogens with zero attached hydrogens (tertiary/aromatic N) is 2. The Labute approximate surface area is 147 Å². The molecule has 1 aromatic rings. The van der Waals surface area contributed by atoms with E-state index in [9.17, 15) is 27.9 Å². The average molecular weight is 379 g/mol. The lowest BCUT2D eigenvalue weighted by Gasteiger charge is -2.45. The monoisotopic (exact) mass is 379 g/mol. The molecular weight excluding hydrogens is 366 g/mol. The van der Waals surface area contributed by atoms with E-state index in [-0.39, 0.29) is 11.1 Å². The standard InChI is InChI=1S/C15H13N3O7S/c16-15(22)25-6-8-7-26(23,24)13-10(5-9-3-1-2-4-17-9)12(19)18(13)11(8)14(20)21/h1-5,13H,6-7H2,(H2,16,22)(H,20,21)/b10-5-. The molecule has 3 N–H and O–H groups in total. The van der Waals surface area contributed by atoms with Crippen LogP contribution in [0.5, 0.6) is 0 Å². The van der Waals surface area contributed by atoms with Crippen LogP contribution in [-0.4, -0.2) is 59.1 Å². The van der Waals surface area contributed by atoms with Gasteiger partial charge in [-0.15, -0.1) is 0 Å². The van der Waals surface area contributed by atoms with Gasteiger partial charge in [0.2, 0.25) is 0 Å². The second-order valence-electron chi connectivity index (χ2n) is 5.55. The number of fused-ring (bicyclic) bond motifs is 1. The number of sulfone groups is 1. The van der Waals surface area contributed by atoms with Crippen LogP contribution in [0, 0.1) is 0 Å². The summed E-state index contributed by atoms with van der Waals surface area (Å²) in [6, 6.07) is 4.90. The van der Waals surface area contributed by atoms with Crippen LogP contribution >= 0.6 is 0 Å². The summed E-state index contributed by atoms with van der Waals surface area (Å²) in [6.45, 7) is -0.633. The Morgan fingerprint density at radius 3 is 2.73 bits per heavy atom. The molecule has 2 aliphatic rings. The van der Waals surface area contributed by atoms with Crippen molar-refractivity contribution in [1.29, 1.82) is 0 Å². The number of carbonyl (C=O) groups excluding carboxylic acids is 2. The Hall–Kier alpha value is -3.21. The first-order valence-electron chi connectivity index (χ1n) is 7.27. The molecule has 1 saturated heterocycles. The van der Waals surface area contributed by atoms with Crippen LogP contribution in [0.2, 0.25) is 0 Å². The fourth-order valence-electron chi connectivity index (χ4n) is 2.83. The third-order valence-electron chi connectivity index (χ3n) is 3.84. The Morgan fingerprint density at radius 2 is 2.15 bits per heavy atom. The highest BCUT2D eigenvalue weighted by Crippen LogP contribution is 2.40. The number of primary amides is 1. The minimum Gasteiger partial charge on any atom is -0.477 e. The predicted octanol–water partition coefficient (Wildman–Crippen LogP) is -0.504. The summed E-state index contributed by atoms with van der Waals surface area (Å²) >= 11 is 0. The van der Waals surface area contributed by atoms with Gasteiger partial charge in [-0.05, 0) is 18.2 Å². The smallest absolute Gasteiger partial charge is 0.404 e. The van der Waals surface area contributed by atoms with E-state index in [1.165, 1.54) is 12.3 Å². The van der Waals surface area contributed by atoms with Crippen LogP contribution in [0.15, 0.2) is 41.2 Å². The fourth-order valence-corrected chi connectivity index (χ4v) is 4.78. The molecule has 3 heterocycles. The van der Waals surface area contributed by atoms with E-state index in [4.69, 9.17) is 5.73 Å². The zero-order valence-electron chi connectivity index (χ0n) is 13.2. The lowest BCUT2D eigenvalue weighted by atomic mass is 10.0. The summed E-state index contributed by atoms with van der Waals surface area (Å²) in [7, 11) is -3.93. The largest absolute Gasteiger partial charge is 0.477 e. The lowest BCUT2D eigenvalue weighted by Crippen LogP contribution is -2.62. The van der Waals surface area contributed by atoms with Crippen LogP contribution < -0.4 is 5.73 Å². The number of rotatable bonds is 4. The number of carboxylic acids is 1. The van der Waals surface area contributed by atoms with Crippen molar-refractivity contribution in [2.45, 2.75) is 5.37 Å². The Balaban J connectivity index is 2.04. The van der Waals surface area contributed by atoms with Gasteiger partial charge in [-0.3, -0.25) is 14.7 Å². The molecule has 0 radical (unpaired) electrons. The number of carboxylic acid groups (broad SMARTS) is 1. The molecule has 0 saturated carbocycles. The number of aliphatic carboxylic acids is 1. The van der Waals surface area contributed by atoms with Crippen molar-refractivity contribution in [2.75, 3.05) is 12.4 Å². The molecule has 3 rings (SSSR count). The number of pyridine rings is 1. The molecule has 2 aliphatic heterocycles. The molecule has 0 aromatic carbocycles. The number of carbonyl (C=O) groups is 3. The summed E-state index contributed by atoms with van der Waals surface area (Å²) in [5.74, 6) is -2.94. The van der Waals surface area contributed by atoms with E-state index < -0.39 is 51.2 Å². The van der Waals surface area contributed by atoms with Gasteiger partial charge in [0.25, 0.3) is 5.91 Å². The number of aromatic nitrogens is 1. The zero-order chi connectivity index (χ0) is 19.1. The number of ether oxygens (including phenoxy) is 1. The van der Waals surface area contributed by atoms with E-state index in [2.05, 4.69) is 9.72 Å². The van der Waals surface area contributed by atoms with Crippen molar-refractivity contribution in [2.24, 2.45) is 5.73 Å². The van der Waals surface area contributed by atoms with Gasteiger partial charge in [-0.1, -0.05) is 6.07 Å². The Morgan fingerprint density at radius 1 is 1.42 bits per heavy atom. The first-order valence-corrected chi connectivity index (χ1v) is 8.99. The first kappa shape index (κ1) is 17.6. The summed E-state index contributed by atoms with van der Waals surface area (Å²) in [6.07, 6.45) is 1.60. The van der Waals surface area contributed by atoms with Gasteiger partial charge in [0, 0.05) is 11.8 Å². The molecule has 26 heavy (non-hydrogen) atoms. The summed E-state index contributed by atoms with van der Waals surface area (Å²) in [5, 5.41) is 7.99. The van der Waals surface area contributed by atoms with Crippen LogP contribution in [0.25, 0.3) is 6.08 Å². The van der Waals surface area contributed by atoms with Gasteiger partial charge >= 0.3 is 12.1 Å². The minimum atomic E-state index is -3.93. The predicted molar refractivity (Wildman–Crippen MR) is 86.8 cm³/mol. The quantitative estimate of drug-likeness (QED) is 0.523. The molecule has 1 fully saturated rings. The van der Waals surface area contributed by atoms with Crippen LogP contribution in [0.3, 0.4) is 0 Å². The van der Waals surface area contributed by atoms with Crippen molar-refractivity contribution in [3.63, 3.8) is 0 Å². The Bertz CT molecular complexity index is 966. The summed E-state index contributed by atoms with van der Waals surface area (Å²) < 4.78 is 29.6. The van der Waals surface area contributed by atoms with Gasteiger partial charge in [0.15, 0.2) is 15.2 Å². The van der Waals surface area contributed by atoms with Crippen LogP contribution in [0.4, 0.5) is 4.79 Å². The zero-order valence-corrected chi connectivity index (χ0v) is 14.0. The molecule has 0 aliphatic carbocycles. The number of nitrogens with two attached hydrogens (primary N) is 1. The van der Waals surface area contributed by atoms with Gasteiger partial charge in [-0.2, -0.15) is 0 Å². The normalized spacial score (nSPS) is 22.6. The van der Waals surface area contributed by atoms with E-state index in [1.54, 1.807) is 18.2 Å². The van der Waals surface area contributed by atoms with Crippen LogP contribution in [0.1, 0.15) is 5.69 Å². The van der Waals surface area contributed by atoms with Gasteiger partial charge in [0.05, 0.1) is 17.0 Å². The van der Waals surface area contributed by atoms with Gasteiger partial charge < -0.3 is 15.6 Å². The highest BCUT2D eigenvalue weighted by molar-refractivity contribution is 7.92. The average Bonchev–Trinajstić information content (AvgIpc) is 2.57. The second-order valence-corrected chi connectivity index (χ2v) is 7.61. The maximum Gasteiger partial charge on any atom is 0.404 e. The SMILES string of the molecule is NC(=O)OCC1=C(C(=O)O)N2C(=O)/C(=C/c3ccccn3)C2S(=O)(=O)C1. The van der Waals surface area contributed by atoms with E-state index in [0.717, 1.165) is 0 Å². The molecule has 136 valence electrons. The minimum absolute atomic E-state index is 0.0719. The highest BCUT2D eigenvalue weighted by Gasteiger charge is 2.56. The maximum atomic E-state index is 12.6. The van der Waals surface area contributed by atoms with Crippen molar-refractivity contribution in [3.8, 4) is 0 Å². The molecule has 1 atom stereocenters. The third-order valence-corrected chi connectivity index (χ3v) is 5.74. The maximum absolute atomic E-state index is 12.6. The summed E-state index contributed by atoms with van der Waals surface area (Å²) in [5.41, 5.74) is 4.39. The first-order chi connectivity index (χ1) is 12.2. The number of amides is 2. The lowest BCUT2D eigenvalue weighted by molar-refractivity contribution is -0.141. The van der Waals surface area contributed by atoms with E-state index in [1.807, 2.05) is 0 Å². The van der Waals surface area contributed by atoms with E-state index >= 15 is 0 Å². The second kappa shape index (κ2) is 6.26. The van der Waals surface area contributed by atoms with Crippen molar-refractivity contribution in [3.05, 3.63) is 46.9 Å². The third kappa shape index (κ3) is 2.92. The number of hydrogen-bond donors (Lipinski definition) is 2.